The molecule has 0 atom stereocenters. The van der Waals surface area contributed by atoms with Gasteiger partial charge in [0.1, 0.15) is 0 Å². The lowest BCUT2D eigenvalue weighted by Crippen LogP contribution is -1.76. The molecule has 0 N–H and O–H groups in total. The fraction of sp³-hybridized carbons (Fsp3) is 0.0667. The van der Waals surface area contributed by atoms with Crippen LogP contribution in [-0.4, -0.2) is 0 Å². The van der Waals surface area contributed by atoms with Crippen LogP contribution in [0.3, 0.4) is 0 Å². The van der Waals surface area contributed by atoms with E-state index in [1.807, 2.05) is 36.4 Å². The van der Waals surface area contributed by atoms with Crippen LogP contribution in [0.4, 0.5) is 0 Å². The lowest BCUT2D eigenvalue weighted by molar-refractivity contribution is 1.42. The molecule has 0 unspecified atom stereocenters. The van der Waals surface area contributed by atoms with E-state index in [9.17, 15) is 0 Å². The predicted molar refractivity (Wildman–Crippen MR) is 71.1 cm³/mol. The maximum absolute atomic E-state index is 3.13. The summed E-state index contributed by atoms with van der Waals surface area (Å²) in [7, 11) is 0. The number of thioether (sulfide) groups is 1. The van der Waals surface area contributed by atoms with Crippen molar-refractivity contribution in [3.8, 4) is 11.2 Å². The Kier molecular flexibility index (Phi) is 4.10. The van der Waals surface area contributed by atoms with Gasteiger partial charge in [0.25, 0.3) is 0 Å². The largest absolute Gasteiger partial charge is 0.0699 e. The molecule has 0 heterocycles. The average molecular weight is 224 g/mol. The second-order valence-corrected chi connectivity index (χ2v) is 4.15. The zero-order chi connectivity index (χ0) is 11.1. The van der Waals surface area contributed by atoms with Gasteiger partial charge in [0.2, 0.25) is 0 Å². The fourth-order valence-electron chi connectivity index (χ4n) is 1.31. The molecule has 0 aliphatic rings. The first-order valence-electron chi connectivity index (χ1n) is 5.17. The second-order valence-electron chi connectivity index (χ2n) is 3.37. The normalized spacial score (nSPS) is 9.25. The van der Waals surface area contributed by atoms with Crippen molar-refractivity contribution in [3.63, 3.8) is 0 Å². The third-order valence-corrected chi connectivity index (χ3v) is 2.85. The molecule has 0 spiro atoms. The van der Waals surface area contributed by atoms with Gasteiger partial charge in [-0.15, -0.1) is 0 Å². The Labute approximate surface area is 101 Å². The molecule has 0 aliphatic heterocycles. The maximum atomic E-state index is 3.13. The highest BCUT2D eigenvalue weighted by atomic mass is 32.2. The predicted octanol–water partition coefficient (Wildman–Crippen LogP) is 3.93. The SMILES string of the molecule is C(#Cc1ccccc1)SCc1ccccc1. The minimum absolute atomic E-state index is 0.945. The Hall–Kier alpha value is -1.65. The van der Waals surface area contributed by atoms with Gasteiger partial charge in [-0.1, -0.05) is 66.2 Å². The van der Waals surface area contributed by atoms with Crippen LogP contribution in [-0.2, 0) is 5.75 Å². The van der Waals surface area contributed by atoms with Crippen molar-refractivity contribution in [2.24, 2.45) is 0 Å². The summed E-state index contributed by atoms with van der Waals surface area (Å²) in [6.45, 7) is 0. The van der Waals surface area contributed by atoms with Gasteiger partial charge < -0.3 is 0 Å². The Morgan fingerprint density at radius 1 is 0.812 bits per heavy atom. The molecule has 16 heavy (non-hydrogen) atoms. The number of hydrogen-bond donors (Lipinski definition) is 0. The van der Waals surface area contributed by atoms with Gasteiger partial charge in [-0.3, -0.25) is 0 Å². The van der Waals surface area contributed by atoms with Crippen LogP contribution in [0, 0.1) is 11.2 Å². The van der Waals surface area contributed by atoms with Gasteiger partial charge in [-0.25, -0.2) is 0 Å². The summed E-state index contributed by atoms with van der Waals surface area (Å²) >= 11 is 1.64. The topological polar surface area (TPSA) is 0 Å². The molecular weight excluding hydrogens is 212 g/mol. The van der Waals surface area contributed by atoms with Crippen molar-refractivity contribution in [1.82, 2.24) is 0 Å². The molecule has 2 rings (SSSR count). The molecular formula is C15H12S. The monoisotopic (exact) mass is 224 g/mol. The van der Waals surface area contributed by atoms with Crippen LogP contribution in [0.15, 0.2) is 60.7 Å². The summed E-state index contributed by atoms with van der Waals surface area (Å²) in [5, 5.41) is 3.12. The van der Waals surface area contributed by atoms with Gasteiger partial charge in [0, 0.05) is 11.3 Å². The van der Waals surface area contributed by atoms with Crippen molar-refractivity contribution in [2.75, 3.05) is 0 Å². The summed E-state index contributed by atoms with van der Waals surface area (Å²) in [6, 6.07) is 20.4. The minimum atomic E-state index is 0.945. The third kappa shape index (κ3) is 3.49. The average Bonchev–Trinajstić information content (AvgIpc) is 2.37. The van der Waals surface area contributed by atoms with Gasteiger partial charge in [0.05, 0.1) is 0 Å². The number of benzene rings is 2. The second kappa shape index (κ2) is 6.05. The van der Waals surface area contributed by atoms with E-state index in [1.165, 1.54) is 5.56 Å². The Bertz CT molecular complexity index is 477. The van der Waals surface area contributed by atoms with Crippen molar-refractivity contribution >= 4 is 11.8 Å². The van der Waals surface area contributed by atoms with E-state index < -0.39 is 0 Å². The number of rotatable bonds is 2. The summed E-state index contributed by atoms with van der Waals surface area (Å²) < 4.78 is 0. The van der Waals surface area contributed by atoms with Gasteiger partial charge in [-0.2, -0.15) is 0 Å². The molecule has 1 heteroatoms. The summed E-state index contributed by atoms with van der Waals surface area (Å²) in [5.74, 6) is 4.07. The lowest BCUT2D eigenvalue weighted by Gasteiger charge is -1.94. The fourth-order valence-corrected chi connectivity index (χ4v) is 1.93. The zero-order valence-corrected chi connectivity index (χ0v) is 9.71. The molecule has 0 amide bonds. The van der Waals surface area contributed by atoms with Crippen LogP contribution < -0.4 is 0 Å². The molecule has 2 aromatic carbocycles. The quantitative estimate of drug-likeness (QED) is 0.696. The zero-order valence-electron chi connectivity index (χ0n) is 8.89. The van der Waals surface area contributed by atoms with E-state index in [2.05, 4.69) is 35.4 Å². The summed E-state index contributed by atoms with van der Waals surface area (Å²) in [6.07, 6.45) is 0. The van der Waals surface area contributed by atoms with Gasteiger partial charge in [0.15, 0.2) is 0 Å². The minimum Gasteiger partial charge on any atom is -0.0699 e. The summed E-state index contributed by atoms with van der Waals surface area (Å²) in [5.41, 5.74) is 2.39. The molecule has 78 valence electrons. The highest BCUT2D eigenvalue weighted by molar-refractivity contribution is 8.03. The van der Waals surface area contributed by atoms with E-state index in [0.29, 0.717) is 0 Å². The molecule has 0 aliphatic carbocycles. The molecule has 0 fully saturated rings. The van der Waals surface area contributed by atoms with Crippen LogP contribution >= 0.6 is 11.8 Å². The van der Waals surface area contributed by atoms with E-state index >= 15 is 0 Å². The van der Waals surface area contributed by atoms with Crippen molar-refractivity contribution < 1.29 is 0 Å². The highest BCUT2D eigenvalue weighted by Gasteiger charge is 1.88. The van der Waals surface area contributed by atoms with E-state index in [0.717, 1.165) is 11.3 Å². The molecule has 0 bridgehead atoms. The van der Waals surface area contributed by atoms with Crippen molar-refractivity contribution in [2.45, 2.75) is 5.75 Å². The Morgan fingerprint density at radius 2 is 1.44 bits per heavy atom. The molecule has 0 saturated heterocycles. The van der Waals surface area contributed by atoms with Crippen molar-refractivity contribution in [1.29, 1.82) is 0 Å². The first kappa shape index (κ1) is 10.9. The van der Waals surface area contributed by atoms with E-state index in [1.54, 1.807) is 11.8 Å². The summed E-state index contributed by atoms with van der Waals surface area (Å²) in [4.78, 5) is 0. The van der Waals surface area contributed by atoms with Gasteiger partial charge >= 0.3 is 0 Å². The Balaban J connectivity index is 1.87. The van der Waals surface area contributed by atoms with E-state index in [-0.39, 0.29) is 0 Å². The third-order valence-electron chi connectivity index (χ3n) is 2.12. The van der Waals surface area contributed by atoms with E-state index in [4.69, 9.17) is 0 Å². The van der Waals surface area contributed by atoms with Crippen LogP contribution in [0.25, 0.3) is 0 Å². The molecule has 0 nitrogen and oxygen atoms in total. The number of hydrogen-bond acceptors (Lipinski definition) is 1. The Morgan fingerprint density at radius 3 is 2.12 bits per heavy atom. The first-order chi connectivity index (χ1) is 7.95. The van der Waals surface area contributed by atoms with Crippen LogP contribution in [0.1, 0.15) is 11.1 Å². The van der Waals surface area contributed by atoms with Crippen LogP contribution in [0.2, 0.25) is 0 Å². The smallest absolute Gasteiger partial charge is 0.0308 e. The van der Waals surface area contributed by atoms with Gasteiger partial charge in [-0.05, 0) is 22.9 Å². The lowest BCUT2D eigenvalue weighted by atomic mass is 10.2. The molecule has 0 saturated carbocycles. The standard InChI is InChI=1S/C15H12S/c1-3-7-14(8-4-1)11-12-16-13-15-9-5-2-6-10-15/h1-10H,13H2. The highest BCUT2D eigenvalue weighted by Crippen LogP contribution is 2.10. The van der Waals surface area contributed by atoms with Crippen LogP contribution in [0.5, 0.6) is 0 Å². The first-order valence-corrected chi connectivity index (χ1v) is 6.15. The molecule has 2 aromatic rings. The molecule has 0 aromatic heterocycles. The molecule has 0 radical (unpaired) electrons. The van der Waals surface area contributed by atoms with Crippen molar-refractivity contribution in [3.05, 3.63) is 71.8 Å². The maximum Gasteiger partial charge on any atom is 0.0308 e.